The van der Waals surface area contributed by atoms with Gasteiger partial charge >= 0.3 is 5.97 Å². The molecule has 2 aliphatic rings. The van der Waals surface area contributed by atoms with Crippen molar-refractivity contribution < 1.29 is 14.6 Å². The molecule has 2 fully saturated rings. The van der Waals surface area contributed by atoms with Crippen LogP contribution in [-0.2, 0) is 9.53 Å². The van der Waals surface area contributed by atoms with Gasteiger partial charge < -0.3 is 14.7 Å². The summed E-state index contributed by atoms with van der Waals surface area (Å²) in [6, 6.07) is 0. The van der Waals surface area contributed by atoms with Gasteiger partial charge in [0.25, 0.3) is 0 Å². The third-order valence-corrected chi connectivity index (χ3v) is 4.49. The highest BCUT2D eigenvalue weighted by atomic mass is 16.5. The minimum Gasteiger partial charge on any atom is -0.467 e. The molecule has 1 saturated heterocycles. The second-order valence-electron chi connectivity index (χ2n) is 5.83. The predicted octanol–water partition coefficient (Wildman–Crippen LogP) is 1.57. The molecule has 1 saturated carbocycles. The van der Waals surface area contributed by atoms with E-state index in [9.17, 15) is 9.90 Å². The van der Waals surface area contributed by atoms with Crippen LogP contribution in [0.25, 0.3) is 0 Å². The molecule has 4 heteroatoms. The van der Waals surface area contributed by atoms with Crippen LogP contribution in [0.3, 0.4) is 0 Å². The van der Waals surface area contributed by atoms with E-state index in [1.54, 1.807) is 0 Å². The van der Waals surface area contributed by atoms with Crippen LogP contribution < -0.4 is 0 Å². The summed E-state index contributed by atoms with van der Waals surface area (Å²) in [7, 11) is 1.34. The van der Waals surface area contributed by atoms with Gasteiger partial charge in [0.1, 0.15) is 0 Å². The van der Waals surface area contributed by atoms with Crippen molar-refractivity contribution in [2.75, 3.05) is 26.7 Å². The van der Waals surface area contributed by atoms with Gasteiger partial charge in [-0.25, -0.2) is 4.79 Å². The number of ether oxygens (including phenoxy) is 1. The lowest BCUT2D eigenvalue weighted by Gasteiger charge is -2.38. The number of methoxy groups -OCH3 is 1. The van der Waals surface area contributed by atoms with E-state index < -0.39 is 11.6 Å². The first-order valence-electron chi connectivity index (χ1n) is 7.17. The zero-order valence-corrected chi connectivity index (χ0v) is 11.4. The van der Waals surface area contributed by atoms with Crippen molar-refractivity contribution in [3.05, 3.63) is 0 Å². The van der Waals surface area contributed by atoms with Gasteiger partial charge in [0.2, 0.25) is 0 Å². The zero-order valence-electron chi connectivity index (χ0n) is 11.4. The summed E-state index contributed by atoms with van der Waals surface area (Å²) >= 11 is 0. The molecule has 0 bridgehead atoms. The quantitative estimate of drug-likeness (QED) is 0.778. The summed E-state index contributed by atoms with van der Waals surface area (Å²) in [5.74, 6) is 0.350. The van der Waals surface area contributed by atoms with Crippen LogP contribution in [0.1, 0.15) is 44.9 Å². The normalized spacial score (nSPS) is 25.9. The fourth-order valence-electron chi connectivity index (χ4n) is 3.23. The summed E-state index contributed by atoms with van der Waals surface area (Å²) in [6.07, 6.45) is 7.82. The molecular weight excluding hydrogens is 230 g/mol. The van der Waals surface area contributed by atoms with E-state index in [0.717, 1.165) is 25.6 Å². The zero-order chi connectivity index (χ0) is 13.0. The number of piperidine rings is 1. The predicted molar refractivity (Wildman–Crippen MR) is 69.2 cm³/mol. The number of hydrogen-bond donors (Lipinski definition) is 1. The standard InChI is InChI=1S/C14H25NO3/c1-18-13(16)14(17)7-9-15(10-8-14)11-12-5-3-2-4-6-12/h12,17H,2-11H2,1H3. The highest BCUT2D eigenvalue weighted by Gasteiger charge is 2.40. The summed E-state index contributed by atoms with van der Waals surface area (Å²) in [5, 5.41) is 10.2. The second kappa shape index (κ2) is 6.02. The number of aliphatic hydroxyl groups is 1. The van der Waals surface area contributed by atoms with Crippen LogP contribution in [0.2, 0.25) is 0 Å². The molecule has 1 aliphatic heterocycles. The third kappa shape index (κ3) is 3.23. The van der Waals surface area contributed by atoms with Gasteiger partial charge in [0.05, 0.1) is 7.11 Å². The monoisotopic (exact) mass is 255 g/mol. The Hall–Kier alpha value is -0.610. The van der Waals surface area contributed by atoms with Crippen LogP contribution in [0.4, 0.5) is 0 Å². The van der Waals surface area contributed by atoms with Crippen molar-refractivity contribution in [1.82, 2.24) is 4.90 Å². The van der Waals surface area contributed by atoms with Crippen molar-refractivity contribution in [2.45, 2.75) is 50.5 Å². The lowest BCUT2D eigenvalue weighted by atomic mass is 9.87. The van der Waals surface area contributed by atoms with Gasteiger partial charge in [-0.3, -0.25) is 0 Å². The molecule has 0 amide bonds. The molecule has 0 aromatic heterocycles. The van der Waals surface area contributed by atoms with Crippen molar-refractivity contribution in [1.29, 1.82) is 0 Å². The maximum absolute atomic E-state index is 11.5. The average molecular weight is 255 g/mol. The first-order valence-corrected chi connectivity index (χ1v) is 7.17. The van der Waals surface area contributed by atoms with Crippen LogP contribution in [0.15, 0.2) is 0 Å². The van der Waals surface area contributed by atoms with Crippen LogP contribution in [-0.4, -0.2) is 48.3 Å². The number of nitrogens with zero attached hydrogens (tertiary/aromatic N) is 1. The number of esters is 1. The van der Waals surface area contributed by atoms with E-state index in [1.807, 2.05) is 0 Å². The van der Waals surface area contributed by atoms with Gasteiger partial charge in [-0.2, -0.15) is 0 Å². The Kier molecular flexibility index (Phi) is 4.62. The van der Waals surface area contributed by atoms with Gasteiger partial charge in [0.15, 0.2) is 5.60 Å². The molecule has 1 heterocycles. The maximum atomic E-state index is 11.5. The smallest absolute Gasteiger partial charge is 0.337 e. The van der Waals surface area contributed by atoms with Crippen molar-refractivity contribution >= 4 is 5.97 Å². The van der Waals surface area contributed by atoms with Crippen LogP contribution in [0.5, 0.6) is 0 Å². The van der Waals surface area contributed by atoms with Crippen LogP contribution in [0, 0.1) is 5.92 Å². The van der Waals surface area contributed by atoms with E-state index in [1.165, 1.54) is 39.2 Å². The Morgan fingerprint density at radius 3 is 2.44 bits per heavy atom. The molecule has 0 aromatic rings. The number of rotatable bonds is 3. The number of likely N-dealkylation sites (tertiary alicyclic amines) is 1. The number of hydrogen-bond acceptors (Lipinski definition) is 4. The Morgan fingerprint density at radius 2 is 1.89 bits per heavy atom. The van der Waals surface area contributed by atoms with Crippen molar-refractivity contribution in [3.63, 3.8) is 0 Å². The number of carbonyl (C=O) groups excluding carboxylic acids is 1. The largest absolute Gasteiger partial charge is 0.467 e. The SMILES string of the molecule is COC(=O)C1(O)CCN(CC2CCCCC2)CC1. The summed E-state index contributed by atoms with van der Waals surface area (Å²) in [6.45, 7) is 2.75. The topological polar surface area (TPSA) is 49.8 Å². The maximum Gasteiger partial charge on any atom is 0.337 e. The Balaban J connectivity index is 1.77. The average Bonchev–Trinajstić information content (AvgIpc) is 2.42. The molecule has 0 radical (unpaired) electrons. The van der Waals surface area contributed by atoms with E-state index in [-0.39, 0.29) is 0 Å². The molecular formula is C14H25NO3. The highest BCUT2D eigenvalue weighted by molar-refractivity contribution is 5.79. The summed E-state index contributed by atoms with van der Waals surface area (Å²) in [4.78, 5) is 13.9. The van der Waals surface area contributed by atoms with E-state index in [4.69, 9.17) is 0 Å². The molecule has 0 aromatic carbocycles. The Labute approximate surface area is 109 Å². The highest BCUT2D eigenvalue weighted by Crippen LogP contribution is 2.28. The van der Waals surface area contributed by atoms with Crippen molar-refractivity contribution in [3.8, 4) is 0 Å². The van der Waals surface area contributed by atoms with Gasteiger partial charge in [-0.15, -0.1) is 0 Å². The second-order valence-corrected chi connectivity index (χ2v) is 5.83. The van der Waals surface area contributed by atoms with Crippen molar-refractivity contribution in [2.24, 2.45) is 5.92 Å². The Bertz CT molecular complexity index is 279. The van der Waals surface area contributed by atoms with Gasteiger partial charge in [-0.1, -0.05) is 19.3 Å². The molecule has 2 rings (SSSR count). The summed E-state index contributed by atoms with van der Waals surface area (Å²) < 4.78 is 4.67. The third-order valence-electron chi connectivity index (χ3n) is 4.49. The minimum absolute atomic E-state index is 0.472. The fourth-order valence-corrected chi connectivity index (χ4v) is 3.23. The Morgan fingerprint density at radius 1 is 1.28 bits per heavy atom. The molecule has 0 spiro atoms. The minimum atomic E-state index is -1.24. The van der Waals surface area contributed by atoms with E-state index >= 15 is 0 Å². The molecule has 104 valence electrons. The van der Waals surface area contributed by atoms with Gasteiger partial charge in [0, 0.05) is 19.6 Å². The molecule has 1 aliphatic carbocycles. The molecule has 4 nitrogen and oxygen atoms in total. The molecule has 0 atom stereocenters. The van der Waals surface area contributed by atoms with Crippen LogP contribution >= 0.6 is 0 Å². The lowest BCUT2D eigenvalue weighted by molar-refractivity contribution is -0.167. The van der Waals surface area contributed by atoms with E-state index in [0.29, 0.717) is 12.8 Å². The molecule has 0 unspecified atom stereocenters. The first-order chi connectivity index (χ1) is 8.64. The summed E-state index contributed by atoms with van der Waals surface area (Å²) in [5.41, 5.74) is -1.24. The lowest BCUT2D eigenvalue weighted by Crippen LogP contribution is -2.50. The van der Waals surface area contributed by atoms with E-state index in [2.05, 4.69) is 9.64 Å². The molecule has 18 heavy (non-hydrogen) atoms. The fraction of sp³-hybridized carbons (Fsp3) is 0.929. The number of carbonyl (C=O) groups is 1. The van der Waals surface area contributed by atoms with Gasteiger partial charge in [-0.05, 0) is 31.6 Å². The first kappa shape index (κ1) is 13.8. The molecule has 1 N–H and O–H groups in total.